The third-order valence-corrected chi connectivity index (χ3v) is 9.56. The van der Waals surface area contributed by atoms with Crippen molar-refractivity contribution >= 4 is 15.9 Å². The zero-order chi connectivity index (χ0) is 29.6. The minimum absolute atomic E-state index is 0.0553. The third kappa shape index (κ3) is 5.76. The Kier molecular flexibility index (Phi) is 7.75. The van der Waals surface area contributed by atoms with E-state index in [1.807, 2.05) is 40.8 Å². The second kappa shape index (κ2) is 10.9. The van der Waals surface area contributed by atoms with Crippen molar-refractivity contribution in [3.63, 3.8) is 0 Å². The smallest absolute Gasteiger partial charge is 0.485 e. The van der Waals surface area contributed by atoms with Gasteiger partial charge in [0.15, 0.2) is 22.0 Å². The SMILES string of the molecule is Cn1n[n+](COc2ccc3c(c2)CCC2C3CC[C@]3(C)C(=O)CCC23)cc1-c1ccccc1.O=S(=O)([O-])C(F)(F)F. The van der Waals surface area contributed by atoms with Gasteiger partial charge in [-0.25, -0.2) is 8.42 Å². The molecule has 41 heavy (non-hydrogen) atoms. The van der Waals surface area contributed by atoms with Gasteiger partial charge in [-0.1, -0.05) is 43.3 Å². The molecule has 4 atom stereocenters. The van der Waals surface area contributed by atoms with Gasteiger partial charge in [-0.05, 0) is 73.1 Å². The molecule has 220 valence electrons. The van der Waals surface area contributed by atoms with Crippen LogP contribution >= 0.6 is 0 Å². The monoisotopic (exact) mass is 591 g/mol. The maximum absolute atomic E-state index is 12.6. The number of hydrogen-bond acceptors (Lipinski definition) is 6. The van der Waals surface area contributed by atoms with Gasteiger partial charge in [0.25, 0.3) is 6.73 Å². The summed E-state index contributed by atoms with van der Waals surface area (Å²) in [6.07, 6.45) is 8.40. The van der Waals surface area contributed by atoms with Gasteiger partial charge in [-0.3, -0.25) is 4.79 Å². The Morgan fingerprint density at radius 1 is 1.12 bits per heavy atom. The highest BCUT2D eigenvalue weighted by atomic mass is 32.2. The first-order valence-corrected chi connectivity index (χ1v) is 15.0. The molecule has 3 aliphatic carbocycles. The first-order valence-electron chi connectivity index (χ1n) is 13.6. The zero-order valence-electron chi connectivity index (χ0n) is 22.8. The average Bonchev–Trinajstić information content (AvgIpc) is 3.45. The van der Waals surface area contributed by atoms with Gasteiger partial charge in [0.05, 0.1) is 5.21 Å². The Hall–Kier alpha value is -3.25. The summed E-state index contributed by atoms with van der Waals surface area (Å²) >= 11 is 0. The number of ketones is 1. The van der Waals surface area contributed by atoms with Crippen molar-refractivity contribution < 1.29 is 40.4 Å². The fourth-order valence-electron chi connectivity index (χ4n) is 6.96. The summed E-state index contributed by atoms with van der Waals surface area (Å²) in [6, 6.07) is 16.9. The van der Waals surface area contributed by atoms with Crippen molar-refractivity contribution in [1.29, 1.82) is 0 Å². The number of rotatable bonds is 4. The number of Topliss-reactive ketones (excluding diaryl/α,β-unsaturated/α-hetero) is 1. The Bertz CT molecular complexity index is 1540. The second-order valence-electron chi connectivity index (χ2n) is 11.3. The van der Waals surface area contributed by atoms with Crippen LogP contribution in [0, 0.1) is 17.3 Å². The van der Waals surface area contributed by atoms with Crippen molar-refractivity contribution in [2.75, 3.05) is 0 Å². The first-order chi connectivity index (χ1) is 19.3. The number of ether oxygens (including phenoxy) is 1. The maximum Gasteiger partial charge on any atom is 0.485 e. The molecule has 2 fully saturated rings. The fraction of sp³-hybridized carbons (Fsp3) is 0.483. The van der Waals surface area contributed by atoms with Crippen molar-refractivity contribution in [3.05, 3.63) is 65.9 Å². The highest BCUT2D eigenvalue weighted by Gasteiger charge is 2.54. The Morgan fingerprint density at radius 2 is 1.83 bits per heavy atom. The predicted molar refractivity (Wildman–Crippen MR) is 141 cm³/mol. The van der Waals surface area contributed by atoms with Gasteiger partial charge >= 0.3 is 5.51 Å². The standard InChI is InChI=1S/C28H32N3O2.CHF3O3S/c1-28-15-14-23-22-11-9-21(16-20(22)8-10-24(23)25(28)12-13-27(28)32)33-18-31-17-26(30(2)29-31)19-6-4-3-5-7-19;2-1(3,4)8(5,6)7/h3-7,9,11,16-17,23-25H,8,10,12-15,18H2,1-2H3;(H,5,6,7)/q+1;/p-1/t23?,24?,25?,28-;/m0./s1. The van der Waals surface area contributed by atoms with Crippen molar-refractivity contribution in [3.8, 4) is 17.0 Å². The molecule has 3 unspecified atom stereocenters. The number of benzene rings is 2. The topological polar surface area (TPSA) is 105 Å². The van der Waals surface area contributed by atoms with Gasteiger partial charge in [0.2, 0.25) is 0 Å². The summed E-state index contributed by atoms with van der Waals surface area (Å²) in [7, 11) is -4.13. The summed E-state index contributed by atoms with van der Waals surface area (Å²) in [6.45, 7) is 2.63. The largest absolute Gasteiger partial charge is 0.741 e. The quantitative estimate of drug-likeness (QED) is 0.243. The van der Waals surface area contributed by atoms with Gasteiger partial charge in [-0.2, -0.15) is 13.2 Å². The average molecular weight is 592 g/mol. The molecule has 0 spiro atoms. The van der Waals surface area contributed by atoms with E-state index < -0.39 is 15.6 Å². The predicted octanol–water partition coefficient (Wildman–Crippen LogP) is 4.89. The van der Waals surface area contributed by atoms with Crippen LogP contribution in [0.3, 0.4) is 0 Å². The lowest BCUT2D eigenvalue weighted by Crippen LogP contribution is -2.42. The maximum atomic E-state index is 12.6. The molecule has 3 aliphatic rings. The molecule has 3 aromatic rings. The van der Waals surface area contributed by atoms with Crippen LogP contribution < -0.4 is 9.42 Å². The van der Waals surface area contributed by atoms with E-state index in [2.05, 4.69) is 42.5 Å². The van der Waals surface area contributed by atoms with Crippen LogP contribution in [0.1, 0.15) is 56.1 Å². The molecule has 0 aliphatic heterocycles. The molecule has 1 heterocycles. The number of hydrogen-bond donors (Lipinski definition) is 0. The minimum atomic E-state index is -6.09. The highest BCUT2D eigenvalue weighted by Crippen LogP contribution is 2.59. The molecule has 0 saturated heterocycles. The Morgan fingerprint density at radius 3 is 2.51 bits per heavy atom. The molecular formula is C29H32F3N3O5S. The number of carbonyl (C=O) groups excluding carboxylic acids is 1. The zero-order valence-corrected chi connectivity index (χ0v) is 23.6. The molecule has 0 N–H and O–H groups in total. The summed E-state index contributed by atoms with van der Waals surface area (Å²) in [5.41, 5.74) is -0.574. The lowest BCUT2D eigenvalue weighted by molar-refractivity contribution is -0.779. The molecule has 2 aromatic carbocycles. The van der Waals surface area contributed by atoms with Crippen LogP contribution in [0.5, 0.6) is 5.75 Å². The van der Waals surface area contributed by atoms with E-state index >= 15 is 0 Å². The molecule has 2 saturated carbocycles. The lowest BCUT2D eigenvalue weighted by Gasteiger charge is -2.48. The van der Waals surface area contributed by atoms with Gasteiger partial charge < -0.3 is 9.29 Å². The number of fused-ring (bicyclic) bond motifs is 5. The molecule has 1 aromatic heterocycles. The molecule has 6 rings (SSSR count). The summed E-state index contributed by atoms with van der Waals surface area (Å²) < 4.78 is 68.8. The minimum Gasteiger partial charge on any atom is -0.741 e. The molecule has 8 nitrogen and oxygen atoms in total. The van der Waals surface area contributed by atoms with Gasteiger partial charge in [0.1, 0.15) is 18.6 Å². The van der Waals surface area contributed by atoms with Crippen LogP contribution in [0.2, 0.25) is 0 Å². The van der Waals surface area contributed by atoms with Gasteiger partial charge in [-0.15, -0.1) is 9.36 Å². The normalized spacial score (nSPS) is 25.4. The van der Waals surface area contributed by atoms with E-state index in [9.17, 15) is 18.0 Å². The van der Waals surface area contributed by atoms with E-state index in [0.717, 1.165) is 49.1 Å². The second-order valence-corrected chi connectivity index (χ2v) is 12.7. The molecule has 0 radical (unpaired) electrons. The van der Waals surface area contributed by atoms with E-state index in [4.69, 9.17) is 17.7 Å². The third-order valence-electron chi connectivity index (χ3n) is 8.99. The molecule has 0 bridgehead atoms. The first kappa shape index (κ1) is 29.2. The number of nitrogens with zero attached hydrogens (tertiary/aromatic N) is 3. The van der Waals surface area contributed by atoms with Crippen LogP contribution in [0.25, 0.3) is 11.3 Å². The number of alkyl halides is 3. The Labute approximate surface area is 236 Å². The van der Waals surface area contributed by atoms with Crippen LogP contribution in [0.4, 0.5) is 13.2 Å². The van der Waals surface area contributed by atoms with Crippen molar-refractivity contribution in [2.45, 2.75) is 63.6 Å². The fourth-order valence-corrected chi connectivity index (χ4v) is 6.96. The van der Waals surface area contributed by atoms with Crippen LogP contribution in [-0.2, 0) is 35.1 Å². The number of aromatic nitrogens is 3. The Balaban J connectivity index is 0.000000372. The highest BCUT2D eigenvalue weighted by molar-refractivity contribution is 7.86. The number of aryl methyl sites for hydroxylation is 2. The van der Waals surface area contributed by atoms with E-state index in [1.54, 1.807) is 0 Å². The summed E-state index contributed by atoms with van der Waals surface area (Å²) in [5, 5.41) is 4.57. The number of carbonyl (C=O) groups is 1. The van der Waals surface area contributed by atoms with Gasteiger partial charge in [0, 0.05) is 17.4 Å². The molecule has 0 amide bonds. The molecule has 12 heteroatoms. The van der Waals surface area contributed by atoms with E-state index in [0.29, 0.717) is 30.3 Å². The number of halogens is 3. The van der Waals surface area contributed by atoms with E-state index in [-0.39, 0.29) is 5.41 Å². The van der Waals surface area contributed by atoms with Crippen molar-refractivity contribution in [2.24, 2.45) is 24.3 Å². The lowest BCUT2D eigenvalue weighted by atomic mass is 9.55. The molecular weight excluding hydrogens is 559 g/mol. The summed E-state index contributed by atoms with van der Waals surface area (Å²) in [5.74, 6) is 3.26. The van der Waals surface area contributed by atoms with E-state index in [1.165, 1.54) is 17.5 Å². The van der Waals surface area contributed by atoms with Crippen molar-refractivity contribution in [1.82, 2.24) is 9.90 Å². The summed E-state index contributed by atoms with van der Waals surface area (Å²) in [4.78, 5) is 12.6. The van der Waals surface area contributed by atoms with Crippen LogP contribution in [-0.4, -0.2) is 34.2 Å². The van der Waals surface area contributed by atoms with Crippen LogP contribution in [0.15, 0.2) is 54.7 Å².